The maximum atomic E-state index is 13.2. The van der Waals surface area contributed by atoms with Gasteiger partial charge in [0.25, 0.3) is 11.8 Å². The number of ether oxygens (including phenoxy) is 2. The van der Waals surface area contributed by atoms with Gasteiger partial charge in [-0.15, -0.1) is 0 Å². The van der Waals surface area contributed by atoms with Gasteiger partial charge in [-0.25, -0.2) is 0 Å². The summed E-state index contributed by atoms with van der Waals surface area (Å²) in [6, 6.07) is 11.2. The third-order valence-electron chi connectivity index (χ3n) is 7.30. The Morgan fingerprint density at radius 3 is 2.36 bits per heavy atom. The second-order valence-corrected chi connectivity index (χ2v) is 9.54. The van der Waals surface area contributed by atoms with E-state index in [1.54, 1.807) is 38.5 Å². The number of methoxy groups -OCH3 is 2. The first-order chi connectivity index (χ1) is 17.5. The first-order valence-corrected chi connectivity index (χ1v) is 13.0. The normalized spacial score (nSPS) is 16.5. The molecule has 0 bridgehead atoms. The molecule has 1 atom stereocenters. The lowest BCUT2D eigenvalue weighted by Gasteiger charge is -2.36. The fourth-order valence-corrected chi connectivity index (χ4v) is 5.49. The van der Waals surface area contributed by atoms with Crippen molar-refractivity contribution in [2.75, 3.05) is 27.3 Å². The molecule has 192 valence electrons. The van der Waals surface area contributed by atoms with E-state index < -0.39 is 0 Å². The van der Waals surface area contributed by atoms with Crippen LogP contribution in [0.1, 0.15) is 77.3 Å². The Morgan fingerprint density at radius 1 is 1.00 bits per heavy atom. The molecule has 2 aromatic rings. The van der Waals surface area contributed by atoms with Crippen molar-refractivity contribution in [2.24, 2.45) is 0 Å². The summed E-state index contributed by atoms with van der Waals surface area (Å²) in [6.45, 7) is 3.25. The van der Waals surface area contributed by atoms with Crippen molar-refractivity contribution in [1.82, 2.24) is 9.80 Å². The van der Waals surface area contributed by atoms with Gasteiger partial charge in [0.1, 0.15) is 0 Å². The van der Waals surface area contributed by atoms with Gasteiger partial charge in [-0.05, 0) is 62.3 Å². The minimum atomic E-state index is -0.215. The Balaban J connectivity index is 1.28. The van der Waals surface area contributed by atoms with Gasteiger partial charge >= 0.3 is 0 Å². The minimum Gasteiger partial charge on any atom is -0.493 e. The Labute approximate surface area is 213 Å². The molecule has 3 amide bonds. The molecule has 2 aliphatic rings. The van der Waals surface area contributed by atoms with Crippen molar-refractivity contribution >= 4 is 17.7 Å². The number of hydrogen-bond donors (Lipinski definition) is 0. The van der Waals surface area contributed by atoms with Crippen LogP contribution < -0.4 is 9.47 Å². The molecular weight excluding hydrogens is 456 g/mol. The number of carbonyl (C=O) groups excluding carboxylic acids is 3. The summed E-state index contributed by atoms with van der Waals surface area (Å²) in [5.41, 5.74) is 3.37. The molecule has 1 aliphatic heterocycles. The smallest absolute Gasteiger partial charge is 0.261 e. The molecule has 0 saturated heterocycles. The van der Waals surface area contributed by atoms with Crippen LogP contribution in [-0.4, -0.2) is 60.9 Å². The summed E-state index contributed by atoms with van der Waals surface area (Å²) >= 11 is 0. The van der Waals surface area contributed by atoms with Gasteiger partial charge in [-0.1, -0.05) is 31.5 Å². The number of nitrogens with zero attached hydrogens (tertiary/aromatic N) is 2. The molecule has 36 heavy (non-hydrogen) atoms. The van der Waals surface area contributed by atoms with E-state index in [1.807, 2.05) is 6.07 Å². The predicted octanol–water partition coefficient (Wildman–Crippen LogP) is 4.66. The number of hydrogen-bond acceptors (Lipinski definition) is 5. The van der Waals surface area contributed by atoms with Crippen molar-refractivity contribution in [3.63, 3.8) is 0 Å². The fourth-order valence-electron chi connectivity index (χ4n) is 5.49. The largest absolute Gasteiger partial charge is 0.493 e. The van der Waals surface area contributed by atoms with E-state index in [0.717, 1.165) is 56.6 Å². The number of amides is 3. The Morgan fingerprint density at radius 2 is 1.72 bits per heavy atom. The molecular formula is C29H36N2O5. The summed E-state index contributed by atoms with van der Waals surface area (Å²) in [5.74, 6) is 1.31. The van der Waals surface area contributed by atoms with Crippen LogP contribution in [0.3, 0.4) is 0 Å². The highest BCUT2D eigenvalue weighted by atomic mass is 16.5. The molecule has 7 heteroatoms. The zero-order chi connectivity index (χ0) is 25.7. The highest BCUT2D eigenvalue weighted by Gasteiger charge is 2.34. The average molecular weight is 493 g/mol. The van der Waals surface area contributed by atoms with Gasteiger partial charge in [0, 0.05) is 31.1 Å². The topological polar surface area (TPSA) is 76.2 Å². The summed E-state index contributed by atoms with van der Waals surface area (Å²) in [7, 11) is 3.32. The summed E-state index contributed by atoms with van der Waals surface area (Å²) in [6.07, 6.45) is 6.22. The molecule has 0 saturated carbocycles. The number of rotatable bonds is 11. The lowest BCUT2D eigenvalue weighted by atomic mass is 9.86. The van der Waals surface area contributed by atoms with E-state index in [-0.39, 0.29) is 23.8 Å². The highest BCUT2D eigenvalue weighted by Crippen LogP contribution is 2.38. The molecule has 0 fully saturated rings. The maximum absolute atomic E-state index is 13.2. The first-order valence-electron chi connectivity index (χ1n) is 13.0. The van der Waals surface area contributed by atoms with Crippen LogP contribution >= 0.6 is 0 Å². The lowest BCUT2D eigenvalue weighted by molar-refractivity contribution is -0.134. The minimum absolute atomic E-state index is 0.182. The van der Waals surface area contributed by atoms with Crippen molar-refractivity contribution in [3.8, 4) is 11.5 Å². The molecule has 7 nitrogen and oxygen atoms in total. The number of imide groups is 1. The van der Waals surface area contributed by atoms with Crippen LogP contribution in [0.2, 0.25) is 0 Å². The summed E-state index contributed by atoms with van der Waals surface area (Å²) < 4.78 is 11.1. The molecule has 1 heterocycles. The quantitative estimate of drug-likeness (QED) is 0.337. The summed E-state index contributed by atoms with van der Waals surface area (Å²) in [4.78, 5) is 41.6. The highest BCUT2D eigenvalue weighted by molar-refractivity contribution is 6.21. The lowest BCUT2D eigenvalue weighted by Crippen LogP contribution is -2.43. The molecule has 4 rings (SSSR count). The molecule has 0 radical (unpaired) electrons. The van der Waals surface area contributed by atoms with E-state index >= 15 is 0 Å². The van der Waals surface area contributed by atoms with Crippen molar-refractivity contribution in [1.29, 1.82) is 0 Å². The monoisotopic (exact) mass is 492 g/mol. The van der Waals surface area contributed by atoms with Crippen molar-refractivity contribution in [3.05, 3.63) is 58.7 Å². The van der Waals surface area contributed by atoms with Gasteiger partial charge in [-0.2, -0.15) is 0 Å². The number of benzene rings is 2. The Kier molecular flexibility index (Phi) is 8.28. The van der Waals surface area contributed by atoms with E-state index in [2.05, 4.69) is 17.9 Å². The van der Waals surface area contributed by atoms with Gasteiger partial charge < -0.3 is 14.4 Å². The van der Waals surface area contributed by atoms with E-state index in [1.165, 1.54) is 16.0 Å². The van der Waals surface area contributed by atoms with Gasteiger partial charge in [0.2, 0.25) is 5.91 Å². The van der Waals surface area contributed by atoms with E-state index in [4.69, 9.17) is 9.47 Å². The van der Waals surface area contributed by atoms with Crippen LogP contribution in [0, 0.1) is 0 Å². The van der Waals surface area contributed by atoms with Crippen LogP contribution in [-0.2, 0) is 17.6 Å². The maximum Gasteiger partial charge on any atom is 0.261 e. The molecule has 0 unspecified atom stereocenters. The second kappa shape index (κ2) is 11.6. The van der Waals surface area contributed by atoms with Gasteiger partial charge in [-0.3, -0.25) is 19.3 Å². The number of carbonyl (C=O) groups is 3. The second-order valence-electron chi connectivity index (χ2n) is 9.54. The van der Waals surface area contributed by atoms with Gasteiger partial charge in [0.05, 0.1) is 25.3 Å². The average Bonchev–Trinajstić information content (AvgIpc) is 3.15. The van der Waals surface area contributed by atoms with Crippen LogP contribution in [0.15, 0.2) is 36.4 Å². The molecule has 1 aliphatic carbocycles. The van der Waals surface area contributed by atoms with Crippen LogP contribution in [0.5, 0.6) is 11.5 Å². The zero-order valence-electron chi connectivity index (χ0n) is 21.5. The van der Waals surface area contributed by atoms with Crippen molar-refractivity contribution in [2.45, 2.75) is 64.3 Å². The number of unbranched alkanes of at least 4 members (excludes halogenated alkanes) is 2. The standard InChI is InChI=1S/C29H36N2O5/c1-4-17-30(21-14-15-22-20(19-21)13-16-25(35-2)27(22)36-3)26(32)12-6-5-9-18-31-28(33)23-10-7-8-11-24(23)29(31)34/h7-8,10-11,13,16,21H,4-6,9,12,14-15,17-19H2,1-3H3/t21-/m0/s1. The molecule has 0 aromatic heterocycles. The van der Waals surface area contributed by atoms with Crippen LogP contribution in [0.4, 0.5) is 0 Å². The molecule has 0 spiro atoms. The van der Waals surface area contributed by atoms with Gasteiger partial charge in [0.15, 0.2) is 11.5 Å². The van der Waals surface area contributed by atoms with E-state index in [0.29, 0.717) is 30.5 Å². The first kappa shape index (κ1) is 25.7. The zero-order valence-corrected chi connectivity index (χ0v) is 21.5. The molecule has 0 N–H and O–H groups in total. The Hall–Kier alpha value is -3.35. The van der Waals surface area contributed by atoms with Crippen LogP contribution in [0.25, 0.3) is 0 Å². The summed E-state index contributed by atoms with van der Waals surface area (Å²) in [5, 5.41) is 0. The molecule has 2 aromatic carbocycles. The fraction of sp³-hybridized carbons (Fsp3) is 0.483. The Bertz CT molecular complexity index is 1090. The van der Waals surface area contributed by atoms with E-state index in [9.17, 15) is 14.4 Å². The predicted molar refractivity (Wildman–Crippen MR) is 138 cm³/mol. The third kappa shape index (κ3) is 5.11. The SMILES string of the molecule is CCCN(C(=O)CCCCCN1C(=O)c2ccccc2C1=O)[C@H]1CCc2c(ccc(OC)c2OC)C1. The number of fused-ring (bicyclic) bond motifs is 2. The third-order valence-corrected chi connectivity index (χ3v) is 7.30. The van der Waals surface area contributed by atoms with Crippen molar-refractivity contribution < 1.29 is 23.9 Å².